The quantitative estimate of drug-likeness (QED) is 0.829. The predicted molar refractivity (Wildman–Crippen MR) is 80.3 cm³/mol. The van der Waals surface area contributed by atoms with E-state index in [2.05, 4.69) is 28.9 Å². The standard InChI is InChI=1S/C15H28N2S/c1-13-10-16-15(7-3-4-8-15)12-17(13)11-14-6-2-5-9-18-14/h13-14,16H,2-12H2,1H3. The second-order valence-corrected chi connectivity index (χ2v) is 8.04. The minimum Gasteiger partial charge on any atom is -0.308 e. The third-order valence-corrected chi connectivity index (χ3v) is 6.55. The van der Waals surface area contributed by atoms with E-state index in [4.69, 9.17) is 0 Å². The monoisotopic (exact) mass is 268 g/mol. The number of rotatable bonds is 2. The number of hydrogen-bond donors (Lipinski definition) is 1. The van der Waals surface area contributed by atoms with Crippen LogP contribution in [0, 0.1) is 0 Å². The summed E-state index contributed by atoms with van der Waals surface area (Å²) >= 11 is 2.23. The lowest BCUT2D eigenvalue weighted by Crippen LogP contribution is -2.63. The molecule has 3 heteroatoms. The SMILES string of the molecule is CC1CNC2(CCCC2)CN1CC1CCCCS1. The Labute approximate surface area is 116 Å². The summed E-state index contributed by atoms with van der Waals surface area (Å²) in [7, 11) is 0. The molecule has 1 spiro atoms. The maximum atomic E-state index is 3.86. The van der Waals surface area contributed by atoms with Crippen LogP contribution in [-0.4, -0.2) is 47.1 Å². The average molecular weight is 268 g/mol. The third-order valence-electron chi connectivity index (χ3n) is 5.17. The Balaban J connectivity index is 1.58. The molecule has 0 amide bonds. The molecule has 0 radical (unpaired) electrons. The largest absolute Gasteiger partial charge is 0.308 e. The van der Waals surface area contributed by atoms with E-state index >= 15 is 0 Å². The van der Waals surface area contributed by atoms with E-state index in [1.165, 1.54) is 70.3 Å². The Morgan fingerprint density at radius 3 is 2.78 bits per heavy atom. The lowest BCUT2D eigenvalue weighted by molar-refractivity contribution is 0.0887. The number of thioether (sulfide) groups is 1. The summed E-state index contributed by atoms with van der Waals surface area (Å²) in [6.07, 6.45) is 10.1. The van der Waals surface area contributed by atoms with E-state index < -0.39 is 0 Å². The van der Waals surface area contributed by atoms with Gasteiger partial charge in [0.05, 0.1) is 0 Å². The van der Waals surface area contributed by atoms with Crippen LogP contribution in [0.5, 0.6) is 0 Å². The molecule has 2 atom stereocenters. The van der Waals surface area contributed by atoms with Gasteiger partial charge in [-0.25, -0.2) is 0 Å². The summed E-state index contributed by atoms with van der Waals surface area (Å²) in [5.74, 6) is 1.40. The predicted octanol–water partition coefficient (Wildman–Crippen LogP) is 2.88. The molecular weight excluding hydrogens is 240 g/mol. The lowest BCUT2D eigenvalue weighted by atomic mass is 9.92. The molecule has 0 aromatic carbocycles. The molecule has 104 valence electrons. The van der Waals surface area contributed by atoms with Crippen molar-refractivity contribution in [2.75, 3.05) is 25.4 Å². The Bertz CT molecular complexity index is 270. The number of nitrogens with zero attached hydrogens (tertiary/aromatic N) is 1. The highest BCUT2D eigenvalue weighted by atomic mass is 32.2. The van der Waals surface area contributed by atoms with Gasteiger partial charge < -0.3 is 5.32 Å². The van der Waals surface area contributed by atoms with Crippen LogP contribution in [-0.2, 0) is 0 Å². The van der Waals surface area contributed by atoms with Gasteiger partial charge in [0.25, 0.3) is 0 Å². The van der Waals surface area contributed by atoms with Crippen molar-refractivity contribution in [3.63, 3.8) is 0 Å². The Morgan fingerprint density at radius 1 is 1.22 bits per heavy atom. The second-order valence-electron chi connectivity index (χ2n) is 6.64. The minimum atomic E-state index is 0.492. The summed E-state index contributed by atoms with van der Waals surface area (Å²) < 4.78 is 0. The highest BCUT2D eigenvalue weighted by molar-refractivity contribution is 7.99. The van der Waals surface area contributed by atoms with Crippen LogP contribution in [0.15, 0.2) is 0 Å². The maximum absolute atomic E-state index is 3.86. The van der Waals surface area contributed by atoms with Gasteiger partial charge in [-0.05, 0) is 38.4 Å². The molecule has 2 nitrogen and oxygen atoms in total. The molecule has 18 heavy (non-hydrogen) atoms. The van der Waals surface area contributed by atoms with E-state index in [0.29, 0.717) is 5.54 Å². The zero-order valence-corrected chi connectivity index (χ0v) is 12.6. The van der Waals surface area contributed by atoms with Gasteiger partial charge in [0, 0.05) is 36.5 Å². The van der Waals surface area contributed by atoms with Gasteiger partial charge in [-0.1, -0.05) is 19.3 Å². The van der Waals surface area contributed by atoms with Gasteiger partial charge in [0.15, 0.2) is 0 Å². The fraction of sp³-hybridized carbons (Fsp3) is 1.00. The Morgan fingerprint density at radius 2 is 2.06 bits per heavy atom. The van der Waals surface area contributed by atoms with Crippen LogP contribution in [0.1, 0.15) is 51.9 Å². The Hall–Kier alpha value is 0.270. The molecule has 0 bridgehead atoms. The van der Waals surface area contributed by atoms with Gasteiger partial charge in [-0.15, -0.1) is 0 Å². The van der Waals surface area contributed by atoms with Crippen molar-refractivity contribution < 1.29 is 0 Å². The summed E-state index contributed by atoms with van der Waals surface area (Å²) in [4.78, 5) is 2.80. The van der Waals surface area contributed by atoms with Crippen LogP contribution in [0.4, 0.5) is 0 Å². The molecule has 0 aromatic heterocycles. The molecule has 2 aliphatic heterocycles. The van der Waals surface area contributed by atoms with E-state index in [1.807, 2.05) is 0 Å². The highest BCUT2D eigenvalue weighted by Crippen LogP contribution is 2.34. The van der Waals surface area contributed by atoms with Gasteiger partial charge in [0.1, 0.15) is 0 Å². The Kier molecular flexibility index (Phi) is 4.21. The van der Waals surface area contributed by atoms with Crippen molar-refractivity contribution in [2.45, 2.75) is 68.7 Å². The zero-order valence-electron chi connectivity index (χ0n) is 11.8. The first kappa shape index (κ1) is 13.3. The van der Waals surface area contributed by atoms with Gasteiger partial charge >= 0.3 is 0 Å². The fourth-order valence-corrected chi connectivity index (χ4v) is 5.27. The van der Waals surface area contributed by atoms with Crippen LogP contribution < -0.4 is 5.32 Å². The first-order valence-electron chi connectivity index (χ1n) is 7.88. The normalized spacial score (nSPS) is 37.2. The molecule has 3 rings (SSSR count). The first-order valence-corrected chi connectivity index (χ1v) is 8.93. The molecule has 3 fully saturated rings. The topological polar surface area (TPSA) is 15.3 Å². The van der Waals surface area contributed by atoms with E-state index in [0.717, 1.165) is 11.3 Å². The zero-order chi connectivity index (χ0) is 12.4. The van der Waals surface area contributed by atoms with Crippen molar-refractivity contribution in [2.24, 2.45) is 0 Å². The van der Waals surface area contributed by atoms with E-state index in [9.17, 15) is 0 Å². The van der Waals surface area contributed by atoms with E-state index in [-0.39, 0.29) is 0 Å². The van der Waals surface area contributed by atoms with Crippen LogP contribution in [0.3, 0.4) is 0 Å². The van der Waals surface area contributed by atoms with Gasteiger partial charge in [-0.3, -0.25) is 4.90 Å². The molecule has 1 saturated carbocycles. The van der Waals surface area contributed by atoms with Crippen molar-refractivity contribution in [1.82, 2.24) is 10.2 Å². The lowest BCUT2D eigenvalue weighted by Gasteiger charge is -2.46. The molecular formula is C15H28N2S. The van der Waals surface area contributed by atoms with Crippen LogP contribution in [0.25, 0.3) is 0 Å². The van der Waals surface area contributed by atoms with E-state index in [1.54, 1.807) is 0 Å². The second kappa shape index (κ2) is 5.72. The summed E-state index contributed by atoms with van der Waals surface area (Å²) in [5, 5.41) is 4.78. The fourth-order valence-electron chi connectivity index (χ4n) is 3.94. The highest BCUT2D eigenvalue weighted by Gasteiger charge is 2.40. The number of nitrogens with one attached hydrogen (secondary N) is 1. The third kappa shape index (κ3) is 2.88. The first-order chi connectivity index (χ1) is 8.77. The number of piperazine rings is 1. The average Bonchev–Trinajstić information content (AvgIpc) is 2.84. The van der Waals surface area contributed by atoms with Gasteiger partial charge in [0.2, 0.25) is 0 Å². The van der Waals surface area contributed by atoms with Crippen molar-refractivity contribution in [1.29, 1.82) is 0 Å². The summed E-state index contributed by atoms with van der Waals surface area (Å²) in [6.45, 7) is 6.26. The molecule has 0 aromatic rings. The smallest absolute Gasteiger partial charge is 0.0309 e. The van der Waals surface area contributed by atoms with Crippen LogP contribution >= 0.6 is 11.8 Å². The minimum absolute atomic E-state index is 0.492. The van der Waals surface area contributed by atoms with Crippen molar-refractivity contribution >= 4 is 11.8 Å². The molecule has 2 heterocycles. The van der Waals surface area contributed by atoms with Crippen LogP contribution in [0.2, 0.25) is 0 Å². The maximum Gasteiger partial charge on any atom is 0.0309 e. The van der Waals surface area contributed by atoms with Gasteiger partial charge in [-0.2, -0.15) is 11.8 Å². The molecule has 1 N–H and O–H groups in total. The number of hydrogen-bond acceptors (Lipinski definition) is 3. The molecule has 2 saturated heterocycles. The molecule has 2 unspecified atom stereocenters. The summed E-state index contributed by atoms with van der Waals surface area (Å²) in [5.41, 5.74) is 0.492. The van der Waals surface area contributed by atoms with Crippen molar-refractivity contribution in [3.8, 4) is 0 Å². The summed E-state index contributed by atoms with van der Waals surface area (Å²) in [6, 6.07) is 0.735. The molecule has 3 aliphatic rings. The molecule has 1 aliphatic carbocycles. The van der Waals surface area contributed by atoms with Crippen molar-refractivity contribution in [3.05, 3.63) is 0 Å².